The van der Waals surface area contributed by atoms with Crippen LogP contribution in [0.3, 0.4) is 0 Å². The molecule has 0 bridgehead atoms. The number of hydrogen-bond donors (Lipinski definition) is 0. The van der Waals surface area contributed by atoms with E-state index in [1.54, 1.807) is 18.2 Å². The number of anilines is 1. The second kappa shape index (κ2) is 7.93. The molecule has 0 N–H and O–H groups in total. The quantitative estimate of drug-likeness (QED) is 0.622. The van der Waals surface area contributed by atoms with Crippen LogP contribution in [0.4, 0.5) is 15.8 Å². The predicted octanol–water partition coefficient (Wildman–Crippen LogP) is 3.32. The molecule has 26 heavy (non-hydrogen) atoms. The minimum Gasteiger partial charge on any atom is -0.369 e. The van der Waals surface area contributed by atoms with Gasteiger partial charge in [-0.3, -0.25) is 15.0 Å². The molecule has 0 aliphatic carbocycles. The average Bonchev–Trinajstić information content (AvgIpc) is 2.88. The van der Waals surface area contributed by atoms with Crippen molar-refractivity contribution in [2.75, 3.05) is 31.1 Å². The van der Waals surface area contributed by atoms with Crippen LogP contribution in [0.2, 0.25) is 0 Å². The number of nitro groups is 1. The third kappa shape index (κ3) is 4.16. The van der Waals surface area contributed by atoms with Gasteiger partial charge in [0.05, 0.1) is 16.2 Å². The molecule has 134 valence electrons. The van der Waals surface area contributed by atoms with Crippen molar-refractivity contribution in [1.29, 1.82) is 5.26 Å². The van der Waals surface area contributed by atoms with Crippen molar-refractivity contribution in [3.8, 4) is 6.07 Å². The number of benzene rings is 2. The van der Waals surface area contributed by atoms with Crippen LogP contribution in [0.5, 0.6) is 0 Å². The summed E-state index contributed by atoms with van der Waals surface area (Å²) in [4.78, 5) is 14.8. The Bertz CT molecular complexity index is 832. The first-order valence-electron chi connectivity index (χ1n) is 8.47. The standard InChI is InChI=1S/C19H19FN4O2/c20-17-4-2-15(3-5-17)14-22-8-1-9-23(11-10-22)19-7-6-18(24(25)26)12-16(19)13-21/h2-7,12H,1,8-11,14H2. The Morgan fingerprint density at radius 1 is 1.12 bits per heavy atom. The zero-order chi connectivity index (χ0) is 18.5. The largest absolute Gasteiger partial charge is 0.369 e. The van der Waals surface area contributed by atoms with Crippen molar-refractivity contribution in [3.63, 3.8) is 0 Å². The molecule has 2 aromatic carbocycles. The number of hydrogen-bond acceptors (Lipinski definition) is 5. The number of nitriles is 1. The van der Waals surface area contributed by atoms with Gasteiger partial charge < -0.3 is 4.90 Å². The molecule has 0 spiro atoms. The fourth-order valence-corrected chi connectivity index (χ4v) is 3.22. The summed E-state index contributed by atoms with van der Waals surface area (Å²) in [6, 6.07) is 13.0. The van der Waals surface area contributed by atoms with E-state index in [1.807, 2.05) is 0 Å². The second-order valence-electron chi connectivity index (χ2n) is 6.31. The topological polar surface area (TPSA) is 73.4 Å². The fraction of sp³-hybridized carbons (Fsp3) is 0.316. The maximum Gasteiger partial charge on any atom is 0.270 e. The van der Waals surface area contributed by atoms with Crippen LogP contribution in [0, 0.1) is 27.3 Å². The van der Waals surface area contributed by atoms with Crippen LogP contribution < -0.4 is 4.90 Å². The highest BCUT2D eigenvalue weighted by Gasteiger charge is 2.19. The number of nitro benzene ring substituents is 1. The van der Waals surface area contributed by atoms with Gasteiger partial charge in [-0.2, -0.15) is 5.26 Å². The van der Waals surface area contributed by atoms with E-state index in [2.05, 4.69) is 15.9 Å². The lowest BCUT2D eigenvalue weighted by atomic mass is 10.1. The summed E-state index contributed by atoms with van der Waals surface area (Å²) in [6.07, 6.45) is 0.920. The fourth-order valence-electron chi connectivity index (χ4n) is 3.22. The number of rotatable bonds is 4. The number of halogens is 1. The van der Waals surface area contributed by atoms with Crippen molar-refractivity contribution >= 4 is 11.4 Å². The van der Waals surface area contributed by atoms with Gasteiger partial charge in [0, 0.05) is 44.9 Å². The summed E-state index contributed by atoms with van der Waals surface area (Å²) in [6.45, 7) is 3.97. The Hall–Kier alpha value is -2.98. The Kier molecular flexibility index (Phi) is 5.44. The van der Waals surface area contributed by atoms with Crippen molar-refractivity contribution < 1.29 is 9.31 Å². The normalized spacial score (nSPS) is 15.3. The van der Waals surface area contributed by atoms with Gasteiger partial charge in [-0.15, -0.1) is 0 Å². The molecule has 6 nitrogen and oxygen atoms in total. The van der Waals surface area contributed by atoms with Gasteiger partial charge >= 0.3 is 0 Å². The molecular formula is C19H19FN4O2. The molecule has 3 rings (SSSR count). The number of non-ortho nitro benzene ring substituents is 1. The Balaban J connectivity index is 1.69. The van der Waals surface area contributed by atoms with E-state index in [4.69, 9.17) is 0 Å². The van der Waals surface area contributed by atoms with E-state index in [9.17, 15) is 19.8 Å². The van der Waals surface area contributed by atoms with E-state index < -0.39 is 4.92 Å². The molecule has 0 atom stereocenters. The lowest BCUT2D eigenvalue weighted by Crippen LogP contribution is -2.30. The Morgan fingerprint density at radius 2 is 1.88 bits per heavy atom. The summed E-state index contributed by atoms with van der Waals surface area (Å²) < 4.78 is 13.0. The maximum atomic E-state index is 13.0. The number of nitrogens with zero attached hydrogens (tertiary/aromatic N) is 4. The first kappa shape index (κ1) is 17.8. The van der Waals surface area contributed by atoms with Crippen LogP contribution >= 0.6 is 0 Å². The predicted molar refractivity (Wildman–Crippen MR) is 96.3 cm³/mol. The monoisotopic (exact) mass is 354 g/mol. The molecule has 0 aromatic heterocycles. The second-order valence-corrected chi connectivity index (χ2v) is 6.31. The van der Waals surface area contributed by atoms with Crippen LogP contribution in [-0.4, -0.2) is 36.0 Å². The molecular weight excluding hydrogens is 335 g/mol. The molecule has 1 aliphatic rings. The minimum absolute atomic E-state index is 0.0712. The highest BCUT2D eigenvalue weighted by Crippen LogP contribution is 2.26. The molecule has 1 heterocycles. The van der Waals surface area contributed by atoms with Gasteiger partial charge in [-0.05, 0) is 30.2 Å². The summed E-state index contributed by atoms with van der Waals surface area (Å²) >= 11 is 0. The van der Waals surface area contributed by atoms with Gasteiger partial charge in [0.2, 0.25) is 0 Å². The Labute approximate surface area is 151 Å². The van der Waals surface area contributed by atoms with Crippen molar-refractivity contribution in [2.24, 2.45) is 0 Å². The van der Waals surface area contributed by atoms with Crippen molar-refractivity contribution in [3.05, 3.63) is 69.5 Å². The highest BCUT2D eigenvalue weighted by molar-refractivity contribution is 5.63. The zero-order valence-corrected chi connectivity index (χ0v) is 14.3. The van der Waals surface area contributed by atoms with E-state index >= 15 is 0 Å². The first-order chi connectivity index (χ1) is 12.6. The third-order valence-corrected chi connectivity index (χ3v) is 4.56. The van der Waals surface area contributed by atoms with Gasteiger partial charge in [-0.25, -0.2) is 4.39 Å². The van der Waals surface area contributed by atoms with E-state index in [1.165, 1.54) is 24.3 Å². The molecule has 1 saturated heterocycles. The van der Waals surface area contributed by atoms with Crippen LogP contribution in [0.1, 0.15) is 17.5 Å². The van der Waals surface area contributed by atoms with Gasteiger partial charge in [0.15, 0.2) is 0 Å². The summed E-state index contributed by atoms with van der Waals surface area (Å²) in [7, 11) is 0. The summed E-state index contributed by atoms with van der Waals surface area (Å²) in [5.74, 6) is -0.238. The van der Waals surface area contributed by atoms with Crippen molar-refractivity contribution in [2.45, 2.75) is 13.0 Å². The van der Waals surface area contributed by atoms with Gasteiger partial charge in [-0.1, -0.05) is 12.1 Å². The molecule has 7 heteroatoms. The smallest absolute Gasteiger partial charge is 0.270 e. The summed E-state index contributed by atoms with van der Waals surface area (Å²) in [5.41, 5.74) is 2.05. The van der Waals surface area contributed by atoms with Crippen molar-refractivity contribution in [1.82, 2.24) is 4.90 Å². The van der Waals surface area contributed by atoms with Crippen LogP contribution in [-0.2, 0) is 6.54 Å². The Morgan fingerprint density at radius 3 is 2.58 bits per heavy atom. The highest BCUT2D eigenvalue weighted by atomic mass is 19.1. The van der Waals surface area contributed by atoms with Gasteiger partial charge in [0.1, 0.15) is 11.9 Å². The maximum absolute atomic E-state index is 13.0. The van der Waals surface area contributed by atoms with Crippen LogP contribution in [0.25, 0.3) is 0 Å². The van der Waals surface area contributed by atoms with E-state index in [0.717, 1.165) is 50.4 Å². The SMILES string of the molecule is N#Cc1cc([N+](=O)[O-])ccc1N1CCCN(Cc2ccc(F)cc2)CC1. The first-order valence-corrected chi connectivity index (χ1v) is 8.47. The molecule has 0 radical (unpaired) electrons. The molecule has 0 saturated carbocycles. The molecule has 1 aliphatic heterocycles. The van der Waals surface area contributed by atoms with Crippen LogP contribution in [0.15, 0.2) is 42.5 Å². The molecule has 0 amide bonds. The lowest BCUT2D eigenvalue weighted by molar-refractivity contribution is -0.384. The van der Waals surface area contributed by atoms with Gasteiger partial charge in [0.25, 0.3) is 5.69 Å². The molecule has 0 unspecified atom stereocenters. The van der Waals surface area contributed by atoms with E-state index in [-0.39, 0.29) is 11.5 Å². The zero-order valence-electron chi connectivity index (χ0n) is 14.3. The molecule has 1 fully saturated rings. The third-order valence-electron chi connectivity index (χ3n) is 4.56. The summed E-state index contributed by atoms with van der Waals surface area (Å²) in [5, 5.41) is 20.3. The minimum atomic E-state index is -0.489. The van der Waals surface area contributed by atoms with E-state index in [0.29, 0.717) is 5.56 Å². The molecule has 2 aromatic rings. The lowest BCUT2D eigenvalue weighted by Gasteiger charge is -2.24. The average molecular weight is 354 g/mol.